The lowest BCUT2D eigenvalue weighted by molar-refractivity contribution is -0.141. The number of piperazine rings is 1. The topological polar surface area (TPSA) is 52.6 Å². The van der Waals surface area contributed by atoms with Crippen molar-refractivity contribution in [2.75, 3.05) is 42.5 Å². The molecule has 0 unspecified atom stereocenters. The van der Waals surface area contributed by atoms with E-state index in [2.05, 4.69) is 14.9 Å². The number of para-hydroxylation sites is 1. The van der Waals surface area contributed by atoms with E-state index in [4.69, 9.17) is 0 Å². The summed E-state index contributed by atoms with van der Waals surface area (Å²) in [7, 11) is 0. The highest BCUT2D eigenvalue weighted by Gasteiger charge is 2.38. The number of hydrogen-bond donors (Lipinski definition) is 0. The van der Waals surface area contributed by atoms with Gasteiger partial charge in [0.25, 0.3) is 0 Å². The Morgan fingerprint density at radius 3 is 2.36 bits per heavy atom. The van der Waals surface area contributed by atoms with Crippen LogP contribution in [0.2, 0.25) is 0 Å². The molecule has 1 amide bonds. The third-order valence-corrected chi connectivity index (χ3v) is 5.22. The normalized spacial score (nSPS) is 21.4. The summed E-state index contributed by atoms with van der Waals surface area (Å²) in [6, 6.07) is 10.2. The van der Waals surface area contributed by atoms with Crippen LogP contribution >= 0.6 is 0 Å². The van der Waals surface area contributed by atoms with Crippen LogP contribution in [0, 0.1) is 0 Å². The monoisotopic (exact) mass is 391 g/mol. The summed E-state index contributed by atoms with van der Waals surface area (Å²) in [5.74, 6) is 0.160. The largest absolute Gasteiger partial charge is 0.433 e. The zero-order valence-electron chi connectivity index (χ0n) is 15.1. The van der Waals surface area contributed by atoms with Crippen LogP contribution in [0.3, 0.4) is 0 Å². The van der Waals surface area contributed by atoms with E-state index in [9.17, 15) is 18.0 Å². The van der Waals surface area contributed by atoms with E-state index in [0.29, 0.717) is 32.7 Å². The Balaban J connectivity index is 1.39. The molecule has 1 aromatic carbocycles. The number of anilines is 2. The first kappa shape index (κ1) is 18.7. The summed E-state index contributed by atoms with van der Waals surface area (Å²) in [5.41, 5.74) is -0.0459. The van der Waals surface area contributed by atoms with Crippen LogP contribution in [0.15, 0.2) is 42.6 Å². The third-order valence-electron chi connectivity index (χ3n) is 5.22. The minimum absolute atomic E-state index is 0.0787. The molecule has 2 saturated heterocycles. The summed E-state index contributed by atoms with van der Waals surface area (Å²) in [6.07, 6.45) is -2.61. The number of amides is 1. The molecule has 0 aliphatic carbocycles. The fourth-order valence-electron chi connectivity index (χ4n) is 3.76. The van der Waals surface area contributed by atoms with E-state index in [-0.39, 0.29) is 17.9 Å². The van der Waals surface area contributed by atoms with Crippen molar-refractivity contribution in [1.82, 2.24) is 14.9 Å². The second-order valence-electron chi connectivity index (χ2n) is 6.89. The summed E-state index contributed by atoms with van der Waals surface area (Å²) in [4.78, 5) is 26.1. The van der Waals surface area contributed by atoms with E-state index in [0.717, 1.165) is 24.4 Å². The SMILES string of the molecule is O=C1[C@@H](N2CCN(c3nccc(C(F)(F)F)n3)CC2)CCN1c1ccccc1. The van der Waals surface area contributed by atoms with Crippen molar-refractivity contribution >= 4 is 17.5 Å². The maximum Gasteiger partial charge on any atom is 0.433 e. The lowest BCUT2D eigenvalue weighted by atomic mass is 10.2. The Labute approximate surface area is 160 Å². The number of hydrogen-bond acceptors (Lipinski definition) is 5. The van der Waals surface area contributed by atoms with Gasteiger partial charge in [-0.15, -0.1) is 0 Å². The van der Waals surface area contributed by atoms with E-state index < -0.39 is 11.9 Å². The van der Waals surface area contributed by atoms with Gasteiger partial charge in [-0.05, 0) is 24.6 Å². The quantitative estimate of drug-likeness (QED) is 0.805. The van der Waals surface area contributed by atoms with Crippen molar-refractivity contribution in [3.8, 4) is 0 Å². The van der Waals surface area contributed by atoms with Gasteiger partial charge in [-0.25, -0.2) is 9.97 Å². The fraction of sp³-hybridized carbons (Fsp3) is 0.421. The minimum Gasteiger partial charge on any atom is -0.338 e. The van der Waals surface area contributed by atoms with Crippen LogP contribution < -0.4 is 9.80 Å². The van der Waals surface area contributed by atoms with Gasteiger partial charge in [0.2, 0.25) is 11.9 Å². The number of alkyl halides is 3. The molecule has 0 bridgehead atoms. The average Bonchev–Trinajstić information content (AvgIpc) is 3.09. The highest BCUT2D eigenvalue weighted by Crippen LogP contribution is 2.29. The van der Waals surface area contributed by atoms with E-state index in [1.165, 1.54) is 0 Å². The van der Waals surface area contributed by atoms with Gasteiger partial charge in [-0.3, -0.25) is 9.69 Å². The molecule has 4 rings (SSSR count). The molecule has 6 nitrogen and oxygen atoms in total. The molecule has 2 aliphatic rings. The number of nitrogens with zero attached hydrogens (tertiary/aromatic N) is 5. The molecule has 3 heterocycles. The first-order valence-electron chi connectivity index (χ1n) is 9.19. The first-order chi connectivity index (χ1) is 13.4. The van der Waals surface area contributed by atoms with Crippen LogP contribution in [0.1, 0.15) is 12.1 Å². The van der Waals surface area contributed by atoms with Gasteiger partial charge < -0.3 is 9.80 Å². The second kappa shape index (κ2) is 7.38. The van der Waals surface area contributed by atoms with Crippen LogP contribution in [0.4, 0.5) is 24.8 Å². The Hall–Kier alpha value is -2.68. The van der Waals surface area contributed by atoms with Crippen molar-refractivity contribution in [2.24, 2.45) is 0 Å². The maximum absolute atomic E-state index is 12.9. The smallest absolute Gasteiger partial charge is 0.338 e. The van der Waals surface area contributed by atoms with Gasteiger partial charge in [-0.2, -0.15) is 13.2 Å². The summed E-state index contributed by atoms with van der Waals surface area (Å²) in [6.45, 7) is 2.80. The molecule has 0 radical (unpaired) electrons. The van der Waals surface area contributed by atoms with Gasteiger partial charge in [-0.1, -0.05) is 18.2 Å². The predicted octanol–water partition coefficient (Wildman–Crippen LogP) is 2.42. The molecular weight excluding hydrogens is 371 g/mol. The van der Waals surface area contributed by atoms with Crippen LogP contribution in [0.25, 0.3) is 0 Å². The first-order valence-corrected chi connectivity index (χ1v) is 9.19. The zero-order valence-corrected chi connectivity index (χ0v) is 15.1. The van der Waals surface area contributed by atoms with Gasteiger partial charge >= 0.3 is 6.18 Å². The van der Waals surface area contributed by atoms with E-state index in [1.54, 1.807) is 9.80 Å². The molecule has 148 valence electrons. The van der Waals surface area contributed by atoms with E-state index >= 15 is 0 Å². The molecule has 1 atom stereocenters. The van der Waals surface area contributed by atoms with Crippen molar-refractivity contribution in [2.45, 2.75) is 18.6 Å². The van der Waals surface area contributed by atoms with Crippen LogP contribution in [-0.4, -0.2) is 59.5 Å². The zero-order chi connectivity index (χ0) is 19.7. The fourth-order valence-corrected chi connectivity index (χ4v) is 3.76. The molecule has 0 spiro atoms. The maximum atomic E-state index is 12.9. The molecule has 2 fully saturated rings. The third kappa shape index (κ3) is 3.66. The minimum atomic E-state index is -4.49. The molecule has 2 aromatic rings. The Morgan fingerprint density at radius 1 is 0.964 bits per heavy atom. The number of rotatable bonds is 3. The number of benzene rings is 1. The number of carbonyl (C=O) groups is 1. The van der Waals surface area contributed by atoms with Crippen molar-refractivity contribution < 1.29 is 18.0 Å². The van der Waals surface area contributed by atoms with Gasteiger partial charge in [0.05, 0.1) is 6.04 Å². The highest BCUT2D eigenvalue weighted by molar-refractivity contribution is 5.99. The van der Waals surface area contributed by atoms with E-state index in [1.807, 2.05) is 30.3 Å². The molecular formula is C19H20F3N5O. The molecule has 0 saturated carbocycles. The Bertz CT molecular complexity index is 837. The summed E-state index contributed by atoms with van der Waals surface area (Å²) < 4.78 is 38.6. The molecule has 9 heteroatoms. The van der Waals surface area contributed by atoms with Crippen molar-refractivity contribution in [1.29, 1.82) is 0 Å². The molecule has 0 N–H and O–H groups in total. The number of carbonyl (C=O) groups excluding carboxylic acids is 1. The van der Waals surface area contributed by atoms with Gasteiger partial charge in [0.15, 0.2) is 0 Å². The number of aromatic nitrogens is 2. The second-order valence-corrected chi connectivity index (χ2v) is 6.89. The summed E-state index contributed by atoms with van der Waals surface area (Å²) >= 11 is 0. The summed E-state index contributed by atoms with van der Waals surface area (Å²) in [5, 5.41) is 0. The Kier molecular flexibility index (Phi) is 4.92. The number of halogens is 3. The van der Waals surface area contributed by atoms with Gasteiger partial charge in [0.1, 0.15) is 5.69 Å². The molecule has 2 aliphatic heterocycles. The molecule has 28 heavy (non-hydrogen) atoms. The Morgan fingerprint density at radius 2 is 1.68 bits per heavy atom. The van der Waals surface area contributed by atoms with Crippen LogP contribution in [-0.2, 0) is 11.0 Å². The van der Waals surface area contributed by atoms with Gasteiger partial charge in [0, 0.05) is 44.6 Å². The molecule has 1 aromatic heterocycles. The van der Waals surface area contributed by atoms with Crippen molar-refractivity contribution in [3.05, 3.63) is 48.3 Å². The predicted molar refractivity (Wildman–Crippen MR) is 98.0 cm³/mol. The highest BCUT2D eigenvalue weighted by atomic mass is 19.4. The van der Waals surface area contributed by atoms with Crippen molar-refractivity contribution in [3.63, 3.8) is 0 Å². The standard InChI is InChI=1S/C19H20F3N5O/c20-19(21,22)16-6-8-23-18(24-16)26-12-10-25(11-13-26)15-7-9-27(17(15)28)14-4-2-1-3-5-14/h1-6,8,15H,7,9-13H2/t15-/m0/s1. The lowest BCUT2D eigenvalue weighted by Gasteiger charge is -2.37. The average molecular weight is 391 g/mol. The lowest BCUT2D eigenvalue weighted by Crippen LogP contribution is -2.53. The van der Waals surface area contributed by atoms with Crippen LogP contribution in [0.5, 0.6) is 0 Å².